The van der Waals surface area contributed by atoms with Crippen LogP contribution in [0.25, 0.3) is 10.3 Å². The summed E-state index contributed by atoms with van der Waals surface area (Å²) in [5, 5.41) is 0. The number of carbonyl (C=O) groups is 1. The molecule has 0 saturated heterocycles. The van der Waals surface area contributed by atoms with Gasteiger partial charge < -0.3 is 13.9 Å². The van der Waals surface area contributed by atoms with Gasteiger partial charge in [0.2, 0.25) is 0 Å². The molecule has 0 aliphatic rings. The van der Waals surface area contributed by atoms with Crippen LogP contribution in [-0.2, 0) is 4.74 Å². The molecule has 5 nitrogen and oxygen atoms in total. The molecule has 0 spiro atoms. The standard InChI is InChI=1S/C10H6Br2O5S/c1-3-4(11)7(16-9(13)15-2)5(12)8-6(3)17-10(14)18-8/h1-2H3. The Morgan fingerprint density at radius 2 is 2.00 bits per heavy atom. The molecule has 0 aliphatic carbocycles. The number of benzene rings is 1. The molecule has 2 aromatic rings. The van der Waals surface area contributed by atoms with Crippen molar-refractivity contribution >= 4 is 59.6 Å². The largest absolute Gasteiger partial charge is 0.513 e. The highest BCUT2D eigenvalue weighted by Gasteiger charge is 2.21. The molecule has 8 heteroatoms. The fraction of sp³-hybridized carbons (Fsp3) is 0.200. The van der Waals surface area contributed by atoms with Gasteiger partial charge in [-0.2, -0.15) is 0 Å². The van der Waals surface area contributed by atoms with E-state index >= 15 is 0 Å². The van der Waals surface area contributed by atoms with Crippen molar-refractivity contribution in [2.24, 2.45) is 0 Å². The van der Waals surface area contributed by atoms with Crippen LogP contribution in [0.5, 0.6) is 5.75 Å². The van der Waals surface area contributed by atoms with Crippen LogP contribution < -0.4 is 9.68 Å². The quantitative estimate of drug-likeness (QED) is 0.540. The Balaban J connectivity index is 2.73. The molecule has 18 heavy (non-hydrogen) atoms. The number of fused-ring (bicyclic) bond motifs is 1. The van der Waals surface area contributed by atoms with E-state index in [2.05, 4.69) is 36.6 Å². The van der Waals surface area contributed by atoms with Gasteiger partial charge in [-0.15, -0.1) is 0 Å². The number of methoxy groups -OCH3 is 1. The Bertz CT molecular complexity index is 688. The lowest BCUT2D eigenvalue weighted by atomic mass is 10.2. The van der Waals surface area contributed by atoms with E-state index in [-0.39, 0.29) is 5.75 Å². The molecular formula is C10H6Br2O5S. The lowest BCUT2D eigenvalue weighted by molar-refractivity contribution is 0.121. The Hall–Kier alpha value is -0.860. The van der Waals surface area contributed by atoms with Crippen molar-refractivity contribution in [3.05, 3.63) is 24.2 Å². The van der Waals surface area contributed by atoms with Gasteiger partial charge in [0, 0.05) is 5.56 Å². The van der Waals surface area contributed by atoms with E-state index in [1.54, 1.807) is 6.92 Å². The lowest BCUT2D eigenvalue weighted by Gasteiger charge is -2.09. The van der Waals surface area contributed by atoms with Crippen LogP contribution in [0.3, 0.4) is 0 Å². The predicted molar refractivity (Wildman–Crippen MR) is 73.5 cm³/mol. The second kappa shape index (κ2) is 5.02. The maximum atomic E-state index is 11.3. The monoisotopic (exact) mass is 396 g/mol. The van der Waals surface area contributed by atoms with E-state index in [9.17, 15) is 9.59 Å². The fourth-order valence-electron chi connectivity index (χ4n) is 1.36. The fourth-order valence-corrected chi connectivity index (χ4v) is 3.54. The molecular weight excluding hydrogens is 392 g/mol. The van der Waals surface area contributed by atoms with E-state index in [1.165, 1.54) is 7.11 Å². The zero-order valence-electron chi connectivity index (χ0n) is 9.21. The molecule has 0 amide bonds. The van der Waals surface area contributed by atoms with Crippen molar-refractivity contribution in [2.75, 3.05) is 7.11 Å². The molecule has 0 fully saturated rings. The van der Waals surface area contributed by atoms with Crippen molar-refractivity contribution < 1.29 is 18.7 Å². The highest BCUT2D eigenvalue weighted by Crippen LogP contribution is 2.43. The predicted octanol–water partition coefficient (Wildman–Crippen LogP) is 3.83. The minimum absolute atomic E-state index is 0.254. The molecule has 2 rings (SSSR count). The third kappa shape index (κ3) is 2.19. The first-order chi connectivity index (χ1) is 8.45. The van der Waals surface area contributed by atoms with Crippen molar-refractivity contribution in [1.29, 1.82) is 0 Å². The normalized spacial score (nSPS) is 10.7. The van der Waals surface area contributed by atoms with Crippen molar-refractivity contribution in [2.45, 2.75) is 6.92 Å². The van der Waals surface area contributed by atoms with Crippen LogP contribution >= 0.6 is 43.2 Å². The van der Waals surface area contributed by atoms with Gasteiger partial charge in [0.05, 0.1) is 20.8 Å². The van der Waals surface area contributed by atoms with Crippen LogP contribution in [0.4, 0.5) is 4.79 Å². The van der Waals surface area contributed by atoms with Gasteiger partial charge >= 0.3 is 11.1 Å². The van der Waals surface area contributed by atoms with Crippen LogP contribution in [0, 0.1) is 6.92 Å². The van der Waals surface area contributed by atoms with E-state index in [4.69, 9.17) is 9.15 Å². The highest BCUT2D eigenvalue weighted by molar-refractivity contribution is 9.11. The van der Waals surface area contributed by atoms with E-state index < -0.39 is 11.1 Å². The molecule has 0 saturated carbocycles. The van der Waals surface area contributed by atoms with Crippen molar-refractivity contribution in [1.82, 2.24) is 0 Å². The Morgan fingerprint density at radius 3 is 2.61 bits per heavy atom. The number of rotatable bonds is 1. The van der Waals surface area contributed by atoms with Crippen molar-refractivity contribution in [3.63, 3.8) is 0 Å². The summed E-state index contributed by atoms with van der Waals surface area (Å²) in [4.78, 5) is 22.0. The maximum absolute atomic E-state index is 11.3. The first-order valence-electron chi connectivity index (χ1n) is 4.62. The minimum atomic E-state index is -0.842. The number of ether oxygens (including phenoxy) is 2. The van der Waals surface area contributed by atoms with E-state index in [0.717, 1.165) is 11.3 Å². The molecule has 0 N–H and O–H groups in total. The molecule has 1 aromatic heterocycles. The number of halogens is 2. The van der Waals surface area contributed by atoms with Gasteiger partial charge in [-0.25, -0.2) is 9.59 Å². The molecule has 1 aromatic carbocycles. The number of carbonyl (C=O) groups excluding carboxylic acids is 1. The first-order valence-corrected chi connectivity index (χ1v) is 7.03. The summed E-state index contributed by atoms with van der Waals surface area (Å²) >= 11 is 7.51. The van der Waals surface area contributed by atoms with E-state index in [0.29, 0.717) is 24.8 Å². The molecule has 96 valence electrons. The Morgan fingerprint density at radius 1 is 1.33 bits per heavy atom. The molecule has 0 radical (unpaired) electrons. The molecule has 0 unspecified atom stereocenters. The minimum Gasteiger partial charge on any atom is -0.437 e. The van der Waals surface area contributed by atoms with Gasteiger partial charge in [-0.3, -0.25) is 0 Å². The van der Waals surface area contributed by atoms with Gasteiger partial charge in [0.15, 0.2) is 11.3 Å². The zero-order valence-corrected chi connectivity index (χ0v) is 13.2. The second-order valence-electron chi connectivity index (χ2n) is 3.25. The Kier molecular flexibility index (Phi) is 3.79. The topological polar surface area (TPSA) is 65.7 Å². The third-order valence-corrected chi connectivity index (χ3v) is 5.01. The molecule has 0 aliphatic heterocycles. The first kappa shape index (κ1) is 13.6. The van der Waals surface area contributed by atoms with Crippen LogP contribution in [0.2, 0.25) is 0 Å². The maximum Gasteiger partial charge on any atom is 0.513 e. The summed E-state index contributed by atoms with van der Waals surface area (Å²) in [5.41, 5.74) is 1.13. The Labute approximate surface area is 122 Å². The summed E-state index contributed by atoms with van der Waals surface area (Å²) in [6.45, 7) is 1.75. The van der Waals surface area contributed by atoms with E-state index in [1.807, 2.05) is 0 Å². The molecule has 0 bridgehead atoms. The van der Waals surface area contributed by atoms with Crippen LogP contribution in [0.15, 0.2) is 18.2 Å². The third-order valence-electron chi connectivity index (χ3n) is 2.20. The zero-order chi connectivity index (χ0) is 13.4. The van der Waals surface area contributed by atoms with Gasteiger partial charge in [-0.1, -0.05) is 11.3 Å². The summed E-state index contributed by atoms with van der Waals surface area (Å²) < 4.78 is 16.1. The lowest BCUT2D eigenvalue weighted by Crippen LogP contribution is -2.08. The van der Waals surface area contributed by atoms with Crippen molar-refractivity contribution in [3.8, 4) is 5.75 Å². The smallest absolute Gasteiger partial charge is 0.437 e. The summed E-state index contributed by atoms with van der Waals surface area (Å²) in [6, 6.07) is 0. The number of hydrogen-bond acceptors (Lipinski definition) is 6. The van der Waals surface area contributed by atoms with Crippen LogP contribution in [0.1, 0.15) is 5.56 Å². The number of hydrogen-bond donors (Lipinski definition) is 0. The summed E-state index contributed by atoms with van der Waals surface area (Å²) in [5.74, 6) is 0.254. The van der Waals surface area contributed by atoms with Crippen LogP contribution in [-0.4, -0.2) is 13.3 Å². The summed E-state index contributed by atoms with van der Waals surface area (Å²) in [7, 11) is 1.21. The summed E-state index contributed by atoms with van der Waals surface area (Å²) in [6.07, 6.45) is -0.842. The SMILES string of the molecule is COC(=O)Oc1c(Br)c(C)c2oc(=O)sc2c1Br. The number of aryl methyl sites for hydroxylation is 1. The van der Waals surface area contributed by atoms with Gasteiger partial charge in [0.1, 0.15) is 0 Å². The second-order valence-corrected chi connectivity index (χ2v) is 5.78. The molecule has 0 atom stereocenters. The highest BCUT2D eigenvalue weighted by atomic mass is 79.9. The average Bonchev–Trinajstić information content (AvgIpc) is 2.74. The average molecular weight is 398 g/mol. The van der Waals surface area contributed by atoms with Gasteiger partial charge in [0.25, 0.3) is 0 Å². The van der Waals surface area contributed by atoms with Gasteiger partial charge in [-0.05, 0) is 38.8 Å². The molecule has 1 heterocycles.